The van der Waals surface area contributed by atoms with Crippen LogP contribution < -0.4 is 19.3 Å². The van der Waals surface area contributed by atoms with Crippen molar-refractivity contribution in [3.8, 4) is 17.2 Å². The van der Waals surface area contributed by atoms with Gasteiger partial charge in [0, 0.05) is 6.54 Å². The fourth-order valence-corrected chi connectivity index (χ4v) is 6.60. The van der Waals surface area contributed by atoms with Crippen LogP contribution in [0.5, 0.6) is 17.2 Å². The number of carboxylic acid groups (broad SMARTS) is 1. The van der Waals surface area contributed by atoms with E-state index in [1.165, 1.54) is 4.90 Å². The molecule has 250 valence electrons. The molecule has 1 amide bonds. The first-order valence-electron chi connectivity index (χ1n) is 16.0. The quantitative estimate of drug-likeness (QED) is 0.241. The zero-order chi connectivity index (χ0) is 33.3. The number of aliphatic hydroxyl groups is 1. The smallest absolute Gasteiger partial charge is 0.329 e. The van der Waals surface area contributed by atoms with E-state index in [1.807, 2.05) is 19.1 Å². The van der Waals surface area contributed by atoms with E-state index in [-0.39, 0.29) is 24.6 Å². The molecule has 0 spiro atoms. The number of hydrogen-bond acceptors (Lipinski definition) is 10. The highest BCUT2D eigenvalue weighted by atomic mass is 16.5. The number of carbonyl (C=O) groups is 4. The van der Waals surface area contributed by atoms with Crippen molar-refractivity contribution in [3.63, 3.8) is 0 Å². The number of piperidine rings is 1. The Morgan fingerprint density at radius 1 is 1.00 bits per heavy atom. The van der Waals surface area contributed by atoms with Crippen LogP contribution in [-0.2, 0) is 30.3 Å². The second-order valence-corrected chi connectivity index (χ2v) is 12.0. The highest BCUT2D eigenvalue weighted by molar-refractivity contribution is 6.39. The third-order valence-corrected chi connectivity index (χ3v) is 9.14. The minimum atomic E-state index is -1.73. The second kappa shape index (κ2) is 15.9. The molecular weight excluding hydrogens is 594 g/mol. The van der Waals surface area contributed by atoms with Crippen LogP contribution in [0.15, 0.2) is 42.5 Å². The van der Waals surface area contributed by atoms with Crippen molar-refractivity contribution >= 4 is 23.6 Å². The third kappa shape index (κ3) is 8.17. The number of nitrogens with zero attached hydrogens (tertiary/aromatic N) is 1. The number of esters is 1. The van der Waals surface area contributed by atoms with Crippen LogP contribution in [0.25, 0.3) is 0 Å². The Bertz CT molecular complexity index is 1390. The van der Waals surface area contributed by atoms with Crippen molar-refractivity contribution < 1.29 is 48.3 Å². The Morgan fingerprint density at radius 2 is 1.76 bits per heavy atom. The second-order valence-electron chi connectivity index (χ2n) is 12.0. The van der Waals surface area contributed by atoms with Gasteiger partial charge >= 0.3 is 5.97 Å². The molecule has 4 atom stereocenters. The van der Waals surface area contributed by atoms with Gasteiger partial charge in [-0.05, 0) is 86.3 Å². The Labute approximate surface area is 269 Å². The molecule has 0 unspecified atom stereocenters. The summed E-state index contributed by atoms with van der Waals surface area (Å²) in [6.45, 7) is 1.47. The molecule has 2 aliphatic rings. The summed E-state index contributed by atoms with van der Waals surface area (Å²) in [6, 6.07) is 11.1. The Balaban J connectivity index is 1.57. The van der Waals surface area contributed by atoms with Crippen molar-refractivity contribution in [2.24, 2.45) is 5.92 Å². The minimum Gasteiger partial charge on any atom is -0.546 e. The number of rotatable bonds is 14. The summed E-state index contributed by atoms with van der Waals surface area (Å²) in [5, 5.41) is 22.4. The van der Waals surface area contributed by atoms with E-state index >= 15 is 0 Å². The van der Waals surface area contributed by atoms with Crippen molar-refractivity contribution in [1.82, 2.24) is 4.90 Å². The number of amides is 1. The summed E-state index contributed by atoms with van der Waals surface area (Å²) in [7, 11) is 3.09. The van der Waals surface area contributed by atoms with Crippen LogP contribution in [0.3, 0.4) is 0 Å². The fourth-order valence-electron chi connectivity index (χ4n) is 6.60. The number of hydrogen-bond donors (Lipinski definition) is 1. The molecule has 4 rings (SSSR count). The molecule has 0 aromatic heterocycles. The summed E-state index contributed by atoms with van der Waals surface area (Å²) in [4.78, 5) is 53.3. The van der Waals surface area contributed by atoms with Gasteiger partial charge in [-0.1, -0.05) is 44.4 Å². The van der Waals surface area contributed by atoms with Crippen molar-refractivity contribution in [2.75, 3.05) is 27.4 Å². The lowest BCUT2D eigenvalue weighted by molar-refractivity contribution is -0.307. The number of aryl methyl sites for hydroxylation is 1. The molecule has 1 heterocycles. The average Bonchev–Trinajstić information content (AvgIpc) is 3.08. The lowest BCUT2D eigenvalue weighted by Gasteiger charge is -2.40. The summed E-state index contributed by atoms with van der Waals surface area (Å²) in [5.41, 5.74) is -0.268. The molecule has 2 fully saturated rings. The molecule has 0 radical (unpaired) electrons. The first-order valence-corrected chi connectivity index (χ1v) is 16.0. The number of likely N-dealkylation sites (tertiary alicyclic amines) is 1. The van der Waals surface area contributed by atoms with Crippen molar-refractivity contribution in [3.05, 3.63) is 53.6 Å². The average molecular weight is 639 g/mol. The zero-order valence-electron chi connectivity index (χ0n) is 26.8. The first-order chi connectivity index (χ1) is 22.1. The molecule has 1 saturated heterocycles. The summed E-state index contributed by atoms with van der Waals surface area (Å²) in [5.74, 6) is -2.63. The van der Waals surface area contributed by atoms with Gasteiger partial charge in [0.2, 0.25) is 0 Å². The SMILES string of the molecule is CC[C@@H]1CCCC[C@@]1(O)C(=O)C(=O)N1CCCC[C@H]1C(=O)O[C@H](CCc1ccc(OC)c(OC)c1)c1cccc(OCC(=O)[O-])c1. The summed E-state index contributed by atoms with van der Waals surface area (Å²) in [6.07, 6.45) is 4.66. The van der Waals surface area contributed by atoms with Gasteiger partial charge in [0.15, 0.2) is 11.5 Å². The number of ketones is 1. The number of benzene rings is 2. The van der Waals surface area contributed by atoms with E-state index in [9.17, 15) is 29.4 Å². The first kappa shape index (κ1) is 34.7. The highest BCUT2D eigenvalue weighted by Gasteiger charge is 2.50. The number of carboxylic acids is 1. The molecule has 11 heteroatoms. The molecule has 1 aliphatic carbocycles. The topological polar surface area (TPSA) is 152 Å². The standard InChI is InChI=1S/C35H45NO10/c1-4-25-11-5-7-18-35(25,42)32(39)33(40)36-19-8-6-13-27(36)34(41)46-28(24-10-9-12-26(21-24)45-22-31(37)38)16-14-23-15-17-29(43-2)30(20-23)44-3/h9-10,12,15,17,20-21,25,27-28,42H,4-8,11,13-14,16,18-19,22H2,1-3H3,(H,37,38)/p-1/t25-,27+,28-,35+/m1/s1. The third-order valence-electron chi connectivity index (χ3n) is 9.14. The Hall–Kier alpha value is -4.12. The van der Waals surface area contributed by atoms with Crippen LogP contribution in [0.1, 0.15) is 81.9 Å². The molecule has 46 heavy (non-hydrogen) atoms. The molecule has 1 N–H and O–H groups in total. The molecule has 1 aliphatic heterocycles. The molecule has 1 saturated carbocycles. The predicted octanol–water partition coefficient (Wildman–Crippen LogP) is 3.33. The molecule has 0 bridgehead atoms. The van der Waals surface area contributed by atoms with Gasteiger partial charge in [-0.25, -0.2) is 4.79 Å². The van der Waals surface area contributed by atoms with Crippen LogP contribution in [0, 0.1) is 5.92 Å². The maximum absolute atomic E-state index is 13.8. The van der Waals surface area contributed by atoms with Crippen LogP contribution in [-0.4, -0.2) is 72.6 Å². The number of ether oxygens (including phenoxy) is 4. The van der Waals surface area contributed by atoms with Gasteiger partial charge in [-0.2, -0.15) is 0 Å². The lowest BCUT2D eigenvalue weighted by atomic mass is 9.71. The maximum Gasteiger partial charge on any atom is 0.329 e. The van der Waals surface area contributed by atoms with Crippen molar-refractivity contribution in [1.29, 1.82) is 0 Å². The lowest BCUT2D eigenvalue weighted by Crippen LogP contribution is -2.58. The van der Waals surface area contributed by atoms with Gasteiger partial charge in [0.1, 0.15) is 30.1 Å². The van der Waals surface area contributed by atoms with Crippen molar-refractivity contribution in [2.45, 2.75) is 88.9 Å². The number of aliphatic carboxylic acids is 1. The van der Waals surface area contributed by atoms with Gasteiger partial charge in [0.05, 0.1) is 20.2 Å². The largest absolute Gasteiger partial charge is 0.546 e. The van der Waals surface area contributed by atoms with Crippen LogP contribution in [0.4, 0.5) is 0 Å². The van der Waals surface area contributed by atoms with E-state index in [0.717, 1.165) is 12.0 Å². The van der Waals surface area contributed by atoms with Gasteiger partial charge in [0.25, 0.3) is 11.7 Å². The fraction of sp³-hybridized carbons (Fsp3) is 0.543. The molecular formula is C35H44NO10-. The summed E-state index contributed by atoms with van der Waals surface area (Å²) < 4.78 is 22.2. The number of carbonyl (C=O) groups excluding carboxylic acids is 4. The highest BCUT2D eigenvalue weighted by Crippen LogP contribution is 2.38. The number of methoxy groups -OCH3 is 2. The maximum atomic E-state index is 13.8. The number of Topliss-reactive ketones (excluding diaryl/α,β-unsaturated/α-hetero) is 1. The van der Waals surface area contributed by atoms with Gasteiger partial charge < -0.3 is 38.9 Å². The van der Waals surface area contributed by atoms with Gasteiger partial charge in [-0.3, -0.25) is 9.59 Å². The van der Waals surface area contributed by atoms with E-state index in [0.29, 0.717) is 68.4 Å². The van der Waals surface area contributed by atoms with Gasteiger partial charge in [-0.15, -0.1) is 0 Å². The normalized spacial score (nSPS) is 22.0. The summed E-state index contributed by atoms with van der Waals surface area (Å²) >= 11 is 0. The monoisotopic (exact) mass is 638 g/mol. The van der Waals surface area contributed by atoms with Crippen LogP contribution in [0.2, 0.25) is 0 Å². The van der Waals surface area contributed by atoms with E-state index < -0.39 is 48.0 Å². The zero-order valence-corrected chi connectivity index (χ0v) is 26.8. The minimum absolute atomic E-state index is 0.208. The van der Waals surface area contributed by atoms with E-state index in [2.05, 4.69) is 0 Å². The van der Waals surface area contributed by atoms with E-state index in [4.69, 9.17) is 18.9 Å². The molecule has 2 aromatic rings. The predicted molar refractivity (Wildman–Crippen MR) is 165 cm³/mol. The Morgan fingerprint density at radius 3 is 2.48 bits per heavy atom. The van der Waals surface area contributed by atoms with E-state index in [1.54, 1.807) is 44.6 Å². The van der Waals surface area contributed by atoms with Crippen LogP contribution >= 0.6 is 0 Å². The molecule has 11 nitrogen and oxygen atoms in total. The molecule has 2 aromatic carbocycles. The Kier molecular flexibility index (Phi) is 12.0.